The summed E-state index contributed by atoms with van der Waals surface area (Å²) in [7, 11) is -0.339. The molecule has 128 valence electrons. The molecule has 1 fully saturated rings. The predicted octanol–water partition coefficient (Wildman–Crippen LogP) is 0.335. The smallest absolute Gasteiger partial charge is 0.253 e. The number of hydrogen-bond acceptors (Lipinski definition) is 5. The third kappa shape index (κ3) is 4.27. The number of ether oxygens (including phenoxy) is 1. The maximum absolute atomic E-state index is 12.4. The Morgan fingerprint density at radius 3 is 2.65 bits per heavy atom. The van der Waals surface area contributed by atoms with Crippen LogP contribution in [0, 0.1) is 19.8 Å². The van der Waals surface area contributed by atoms with Crippen LogP contribution >= 0.6 is 0 Å². The van der Waals surface area contributed by atoms with E-state index in [1.807, 2.05) is 6.92 Å². The van der Waals surface area contributed by atoms with Crippen molar-refractivity contribution in [3.05, 3.63) is 29.1 Å². The van der Waals surface area contributed by atoms with Gasteiger partial charge in [0, 0.05) is 25.7 Å². The monoisotopic (exact) mass is 341 g/mol. The number of nitrogens with one attached hydrogen (secondary N) is 1. The Hall–Kier alpha value is -1.51. The van der Waals surface area contributed by atoms with E-state index in [2.05, 4.69) is 10.3 Å². The van der Waals surface area contributed by atoms with E-state index < -0.39 is 10.0 Å². The normalized spacial score (nSPS) is 21.6. The highest BCUT2D eigenvalue weighted by Gasteiger charge is 2.34. The molecule has 1 amide bonds. The van der Waals surface area contributed by atoms with Gasteiger partial charge in [-0.2, -0.15) is 0 Å². The van der Waals surface area contributed by atoms with Gasteiger partial charge < -0.3 is 10.1 Å². The topological polar surface area (TPSA) is 88.6 Å². The van der Waals surface area contributed by atoms with Crippen molar-refractivity contribution in [1.29, 1.82) is 0 Å². The largest absolute Gasteiger partial charge is 0.379 e. The highest BCUT2D eigenvalue weighted by atomic mass is 32.2. The Kier molecular flexibility index (Phi) is 5.38. The van der Waals surface area contributed by atoms with Crippen molar-refractivity contribution < 1.29 is 17.9 Å². The maximum atomic E-state index is 12.4. The molecule has 2 rings (SSSR count). The molecular formula is C15H23N3O4S. The highest BCUT2D eigenvalue weighted by Crippen LogP contribution is 2.18. The molecule has 0 aliphatic carbocycles. The summed E-state index contributed by atoms with van der Waals surface area (Å²) in [4.78, 5) is 16.7. The lowest BCUT2D eigenvalue weighted by molar-refractivity contribution is 0.0925. The van der Waals surface area contributed by atoms with E-state index in [0.717, 1.165) is 5.69 Å². The van der Waals surface area contributed by atoms with Gasteiger partial charge in [-0.15, -0.1) is 0 Å². The van der Waals surface area contributed by atoms with Crippen LogP contribution in [0.2, 0.25) is 0 Å². The van der Waals surface area contributed by atoms with Gasteiger partial charge in [-0.3, -0.25) is 9.78 Å². The van der Waals surface area contributed by atoms with Crippen LogP contribution in [0.25, 0.3) is 0 Å². The first kappa shape index (κ1) is 17.8. The quantitative estimate of drug-likeness (QED) is 0.834. The molecule has 0 saturated carbocycles. The highest BCUT2D eigenvalue weighted by molar-refractivity contribution is 7.89. The van der Waals surface area contributed by atoms with Gasteiger partial charge in [0.1, 0.15) is 0 Å². The number of rotatable bonds is 5. The number of carbonyl (C=O) groups excluding carboxylic acids is 1. The molecule has 1 saturated heterocycles. The van der Waals surface area contributed by atoms with Crippen LogP contribution in [0.3, 0.4) is 0 Å². The Morgan fingerprint density at radius 2 is 2.04 bits per heavy atom. The van der Waals surface area contributed by atoms with Crippen LogP contribution < -0.4 is 5.32 Å². The van der Waals surface area contributed by atoms with Crippen LogP contribution in [0.4, 0.5) is 0 Å². The van der Waals surface area contributed by atoms with E-state index in [9.17, 15) is 13.2 Å². The molecule has 1 aliphatic rings. The second-order valence-corrected chi connectivity index (χ2v) is 8.25. The van der Waals surface area contributed by atoms with Crippen molar-refractivity contribution in [1.82, 2.24) is 14.6 Å². The van der Waals surface area contributed by atoms with Crippen LogP contribution in [-0.2, 0) is 14.8 Å². The zero-order valence-electron chi connectivity index (χ0n) is 13.9. The van der Waals surface area contributed by atoms with E-state index in [1.165, 1.54) is 18.4 Å². The average molecular weight is 341 g/mol. The van der Waals surface area contributed by atoms with Gasteiger partial charge in [0.05, 0.1) is 36.3 Å². The Labute approximate surface area is 137 Å². The fourth-order valence-corrected chi connectivity index (χ4v) is 3.68. The molecule has 0 bridgehead atoms. The number of nitrogens with zero attached hydrogens (tertiary/aromatic N) is 2. The summed E-state index contributed by atoms with van der Waals surface area (Å²) in [6, 6.07) is 3.19. The van der Waals surface area contributed by atoms with Crippen molar-refractivity contribution in [2.24, 2.45) is 5.92 Å². The van der Waals surface area contributed by atoms with Gasteiger partial charge in [0.15, 0.2) is 0 Å². The van der Waals surface area contributed by atoms with Gasteiger partial charge in [-0.1, -0.05) is 0 Å². The first-order chi connectivity index (χ1) is 10.7. The van der Waals surface area contributed by atoms with Crippen molar-refractivity contribution in [2.75, 3.05) is 33.1 Å². The molecule has 1 aromatic rings. The van der Waals surface area contributed by atoms with Crippen LogP contribution in [0.5, 0.6) is 0 Å². The summed E-state index contributed by atoms with van der Waals surface area (Å²) in [5.74, 6) is -0.557. The number of hydrogen-bond donors (Lipinski definition) is 1. The van der Waals surface area contributed by atoms with E-state index in [1.54, 1.807) is 19.1 Å². The third-order valence-electron chi connectivity index (χ3n) is 3.97. The van der Waals surface area contributed by atoms with E-state index in [-0.39, 0.29) is 23.6 Å². The molecule has 0 spiro atoms. The molecule has 23 heavy (non-hydrogen) atoms. The molecule has 0 aromatic carbocycles. The van der Waals surface area contributed by atoms with Gasteiger partial charge in [0.2, 0.25) is 10.0 Å². The lowest BCUT2D eigenvalue weighted by Gasteiger charge is -2.21. The van der Waals surface area contributed by atoms with E-state index in [0.29, 0.717) is 24.5 Å². The number of amides is 1. The molecule has 1 aliphatic heterocycles. The van der Waals surface area contributed by atoms with Gasteiger partial charge in [0.25, 0.3) is 5.91 Å². The maximum Gasteiger partial charge on any atom is 0.253 e. The fraction of sp³-hybridized carbons (Fsp3) is 0.600. The van der Waals surface area contributed by atoms with Crippen molar-refractivity contribution >= 4 is 15.9 Å². The predicted molar refractivity (Wildman–Crippen MR) is 86.7 cm³/mol. The Balaban J connectivity index is 2.08. The number of carbonyl (C=O) groups is 1. The van der Waals surface area contributed by atoms with Gasteiger partial charge in [-0.05, 0) is 26.0 Å². The molecule has 2 heterocycles. The Bertz CT molecular complexity index is 688. The Morgan fingerprint density at radius 1 is 1.35 bits per heavy atom. The minimum atomic E-state index is -3.34. The second kappa shape index (κ2) is 6.94. The molecular weight excluding hydrogens is 318 g/mol. The standard InChI is InChI=1S/C15H23N3O4S/c1-10-5-6-13(11(2)16-10)15(19)17-14-8-22-7-12(14)9-23(20,21)18(3)4/h5-6,12,14H,7-9H2,1-4H3,(H,17,19). The van der Waals surface area contributed by atoms with Crippen LogP contribution in [-0.4, -0.2) is 62.7 Å². The zero-order chi connectivity index (χ0) is 17.2. The summed E-state index contributed by atoms with van der Waals surface area (Å²) in [5, 5.41) is 2.88. The molecule has 1 aromatic heterocycles. The summed E-state index contributed by atoms with van der Waals surface area (Å²) in [6.07, 6.45) is 0. The molecule has 8 heteroatoms. The fourth-order valence-electron chi connectivity index (χ4n) is 2.51. The molecule has 0 radical (unpaired) electrons. The van der Waals surface area contributed by atoms with Crippen LogP contribution in [0.15, 0.2) is 12.1 Å². The minimum Gasteiger partial charge on any atom is -0.379 e. The van der Waals surface area contributed by atoms with E-state index >= 15 is 0 Å². The average Bonchev–Trinajstić information content (AvgIpc) is 2.84. The minimum absolute atomic E-state index is 0.0456. The van der Waals surface area contributed by atoms with Crippen molar-refractivity contribution in [3.8, 4) is 0 Å². The van der Waals surface area contributed by atoms with Gasteiger partial charge in [-0.25, -0.2) is 12.7 Å². The van der Waals surface area contributed by atoms with Crippen molar-refractivity contribution in [3.63, 3.8) is 0 Å². The number of pyridine rings is 1. The van der Waals surface area contributed by atoms with Crippen molar-refractivity contribution in [2.45, 2.75) is 19.9 Å². The molecule has 2 unspecified atom stereocenters. The van der Waals surface area contributed by atoms with E-state index in [4.69, 9.17) is 4.74 Å². The lowest BCUT2D eigenvalue weighted by Crippen LogP contribution is -2.43. The first-order valence-electron chi connectivity index (χ1n) is 7.44. The zero-order valence-corrected chi connectivity index (χ0v) is 14.7. The summed E-state index contributed by atoms with van der Waals surface area (Å²) in [6.45, 7) is 4.28. The van der Waals surface area contributed by atoms with Gasteiger partial charge >= 0.3 is 0 Å². The summed E-state index contributed by atoms with van der Waals surface area (Å²) in [5.41, 5.74) is 1.99. The lowest BCUT2D eigenvalue weighted by atomic mass is 10.1. The second-order valence-electron chi connectivity index (χ2n) is 6.02. The SMILES string of the molecule is Cc1ccc(C(=O)NC2COCC2CS(=O)(=O)N(C)C)c(C)n1. The molecule has 2 atom stereocenters. The number of sulfonamides is 1. The first-order valence-corrected chi connectivity index (χ1v) is 9.04. The summed E-state index contributed by atoms with van der Waals surface area (Å²) < 4.78 is 30.6. The molecule has 1 N–H and O–H groups in total. The number of aryl methyl sites for hydroxylation is 2. The number of aromatic nitrogens is 1. The van der Waals surface area contributed by atoms with Crippen LogP contribution in [0.1, 0.15) is 21.7 Å². The summed E-state index contributed by atoms with van der Waals surface area (Å²) >= 11 is 0. The third-order valence-corrected chi connectivity index (χ3v) is 5.93. The molecule has 7 nitrogen and oxygen atoms in total.